The molecular weight excluding hydrogens is 368 g/mol. The summed E-state index contributed by atoms with van der Waals surface area (Å²) < 4.78 is -0.0742. The van der Waals surface area contributed by atoms with Crippen molar-refractivity contribution in [3.05, 3.63) is 11.6 Å². The zero-order chi connectivity index (χ0) is 14.3. The second-order valence-corrected chi connectivity index (χ2v) is 11.1. The SMILES string of the molecule is CC1=C[C@@H]2C(C)(C)CCC[C@@]3(C)C(Br)(Br)[C@@]23CC1=O. The van der Waals surface area contributed by atoms with Crippen LogP contribution in [0.1, 0.15) is 53.4 Å². The van der Waals surface area contributed by atoms with Gasteiger partial charge in [0.05, 0.1) is 3.23 Å². The Labute approximate surface area is 132 Å². The monoisotopic (exact) mass is 388 g/mol. The number of alkyl halides is 2. The molecule has 3 atom stereocenters. The number of rotatable bonds is 0. The molecule has 19 heavy (non-hydrogen) atoms. The third kappa shape index (κ3) is 1.44. The van der Waals surface area contributed by atoms with Crippen molar-refractivity contribution in [1.29, 1.82) is 0 Å². The van der Waals surface area contributed by atoms with Gasteiger partial charge < -0.3 is 0 Å². The number of halogens is 2. The van der Waals surface area contributed by atoms with Crippen LogP contribution in [0.25, 0.3) is 0 Å². The summed E-state index contributed by atoms with van der Waals surface area (Å²) in [5.41, 5.74) is 1.47. The normalized spacial score (nSPS) is 46.7. The number of hydrogen-bond acceptors (Lipinski definition) is 1. The van der Waals surface area contributed by atoms with Gasteiger partial charge in [-0.25, -0.2) is 0 Å². The number of carbonyl (C=O) groups excluding carboxylic acids is 1. The minimum Gasteiger partial charge on any atom is -0.295 e. The van der Waals surface area contributed by atoms with Gasteiger partial charge >= 0.3 is 0 Å². The van der Waals surface area contributed by atoms with Crippen LogP contribution in [0, 0.1) is 22.2 Å². The van der Waals surface area contributed by atoms with Gasteiger partial charge in [-0.3, -0.25) is 4.79 Å². The summed E-state index contributed by atoms with van der Waals surface area (Å²) in [6.45, 7) is 9.09. The van der Waals surface area contributed by atoms with Crippen LogP contribution in [0.2, 0.25) is 0 Å². The van der Waals surface area contributed by atoms with Crippen molar-refractivity contribution in [3.8, 4) is 0 Å². The molecule has 0 aromatic heterocycles. The van der Waals surface area contributed by atoms with E-state index in [2.05, 4.69) is 58.7 Å². The van der Waals surface area contributed by atoms with Crippen molar-refractivity contribution in [2.45, 2.75) is 56.6 Å². The maximum Gasteiger partial charge on any atom is 0.158 e. The van der Waals surface area contributed by atoms with Crippen LogP contribution in [0.5, 0.6) is 0 Å². The van der Waals surface area contributed by atoms with Crippen LogP contribution in [0.15, 0.2) is 11.6 Å². The summed E-state index contributed by atoms with van der Waals surface area (Å²) in [6, 6.07) is 0. The number of carbonyl (C=O) groups is 1. The predicted octanol–water partition coefficient (Wildman–Crippen LogP) is 5.22. The Hall–Kier alpha value is 0.370. The Bertz CT molecular complexity index is 491. The number of hydrogen-bond donors (Lipinski definition) is 0. The molecule has 0 radical (unpaired) electrons. The molecule has 2 saturated carbocycles. The molecule has 0 N–H and O–H groups in total. The molecule has 0 bridgehead atoms. The van der Waals surface area contributed by atoms with E-state index in [9.17, 15) is 4.79 Å². The first kappa shape index (κ1) is 14.3. The summed E-state index contributed by atoms with van der Waals surface area (Å²) in [7, 11) is 0. The highest BCUT2D eigenvalue weighted by Crippen LogP contribution is 2.88. The van der Waals surface area contributed by atoms with E-state index in [0.717, 1.165) is 5.57 Å². The molecule has 0 aromatic rings. The lowest BCUT2D eigenvalue weighted by Gasteiger charge is -2.42. The summed E-state index contributed by atoms with van der Waals surface area (Å²) in [4.78, 5) is 12.3. The topological polar surface area (TPSA) is 17.1 Å². The van der Waals surface area contributed by atoms with E-state index < -0.39 is 0 Å². The Morgan fingerprint density at radius 3 is 2.47 bits per heavy atom. The Kier molecular flexibility index (Phi) is 2.84. The average molecular weight is 390 g/mol. The average Bonchev–Trinajstić information content (AvgIpc) is 2.67. The summed E-state index contributed by atoms with van der Waals surface area (Å²) >= 11 is 7.87. The van der Waals surface area contributed by atoms with E-state index in [4.69, 9.17) is 0 Å². The molecule has 3 heteroatoms. The molecule has 3 rings (SSSR count). The lowest BCUT2D eigenvalue weighted by molar-refractivity contribution is -0.118. The first-order valence-corrected chi connectivity index (χ1v) is 8.78. The van der Waals surface area contributed by atoms with E-state index in [1.165, 1.54) is 19.3 Å². The molecule has 2 fully saturated rings. The van der Waals surface area contributed by atoms with Gasteiger partial charge in [0.15, 0.2) is 5.78 Å². The first-order valence-electron chi connectivity index (χ1n) is 7.20. The minimum absolute atomic E-state index is 0.0522. The molecule has 0 heterocycles. The standard InChI is InChI=1S/C16H22Br2O/c1-10-8-12-13(2,3)6-5-7-14(4)15(12,9-11(10)19)16(14,17)18/h8,12H,5-7,9H2,1-4H3/t12-,14-,15+/m1/s1. The second-order valence-electron chi connectivity index (χ2n) is 7.65. The van der Waals surface area contributed by atoms with Crippen LogP contribution in [-0.4, -0.2) is 9.02 Å². The zero-order valence-electron chi connectivity index (χ0n) is 12.1. The highest BCUT2D eigenvalue weighted by atomic mass is 79.9. The van der Waals surface area contributed by atoms with Gasteiger partial charge in [-0.05, 0) is 36.7 Å². The molecule has 3 aliphatic rings. The molecule has 0 saturated heterocycles. The summed E-state index contributed by atoms with van der Waals surface area (Å²) in [5.74, 6) is 0.810. The second kappa shape index (κ2) is 3.76. The molecule has 0 aliphatic heterocycles. The van der Waals surface area contributed by atoms with Crippen LogP contribution in [-0.2, 0) is 4.79 Å². The quantitative estimate of drug-likeness (QED) is 0.518. The Morgan fingerprint density at radius 1 is 1.21 bits per heavy atom. The molecule has 1 spiro atoms. The van der Waals surface area contributed by atoms with Crippen molar-refractivity contribution >= 4 is 37.6 Å². The Balaban J connectivity index is 2.20. The van der Waals surface area contributed by atoms with Gasteiger partial charge in [-0.1, -0.05) is 65.1 Å². The van der Waals surface area contributed by atoms with Crippen molar-refractivity contribution in [2.75, 3.05) is 0 Å². The summed E-state index contributed by atoms with van der Waals surface area (Å²) in [5, 5.41) is 0. The van der Waals surface area contributed by atoms with E-state index >= 15 is 0 Å². The highest BCUT2D eigenvalue weighted by Gasteiger charge is 2.86. The molecule has 3 aliphatic carbocycles. The van der Waals surface area contributed by atoms with Crippen molar-refractivity contribution in [3.63, 3.8) is 0 Å². The largest absolute Gasteiger partial charge is 0.295 e. The molecule has 1 nitrogen and oxygen atoms in total. The lowest BCUT2D eigenvalue weighted by atomic mass is 9.62. The lowest BCUT2D eigenvalue weighted by Crippen LogP contribution is -2.38. The fourth-order valence-corrected chi connectivity index (χ4v) is 7.50. The van der Waals surface area contributed by atoms with Crippen LogP contribution < -0.4 is 0 Å². The van der Waals surface area contributed by atoms with E-state index in [0.29, 0.717) is 18.1 Å². The predicted molar refractivity (Wildman–Crippen MR) is 85.6 cm³/mol. The van der Waals surface area contributed by atoms with Crippen molar-refractivity contribution in [1.82, 2.24) is 0 Å². The minimum atomic E-state index is -0.0742. The number of allylic oxidation sites excluding steroid dienone is 2. The van der Waals surface area contributed by atoms with Crippen LogP contribution in [0.3, 0.4) is 0 Å². The van der Waals surface area contributed by atoms with Gasteiger partial charge in [-0.15, -0.1) is 0 Å². The van der Waals surface area contributed by atoms with E-state index in [-0.39, 0.29) is 19.5 Å². The van der Waals surface area contributed by atoms with Crippen LogP contribution in [0.4, 0.5) is 0 Å². The van der Waals surface area contributed by atoms with E-state index in [1.54, 1.807) is 0 Å². The van der Waals surface area contributed by atoms with Gasteiger partial charge in [0, 0.05) is 17.3 Å². The zero-order valence-corrected chi connectivity index (χ0v) is 15.3. The maximum atomic E-state index is 12.3. The summed E-state index contributed by atoms with van der Waals surface area (Å²) in [6.07, 6.45) is 6.67. The number of Topliss-reactive ketones (excluding diaryl/α,β-unsaturated/α-hetero) is 1. The molecule has 106 valence electrons. The highest BCUT2D eigenvalue weighted by molar-refractivity contribution is 9.25. The maximum absolute atomic E-state index is 12.3. The Morgan fingerprint density at radius 2 is 1.84 bits per heavy atom. The van der Waals surface area contributed by atoms with Gasteiger partial charge in [-0.2, -0.15) is 0 Å². The molecular formula is C16H22Br2O. The third-order valence-corrected chi connectivity index (χ3v) is 9.51. The van der Waals surface area contributed by atoms with Crippen molar-refractivity contribution < 1.29 is 4.79 Å². The van der Waals surface area contributed by atoms with Gasteiger partial charge in [0.1, 0.15) is 0 Å². The smallest absolute Gasteiger partial charge is 0.158 e. The first-order chi connectivity index (χ1) is 8.60. The van der Waals surface area contributed by atoms with E-state index in [1.807, 2.05) is 6.92 Å². The van der Waals surface area contributed by atoms with Crippen molar-refractivity contribution in [2.24, 2.45) is 22.2 Å². The van der Waals surface area contributed by atoms with Crippen LogP contribution >= 0.6 is 31.9 Å². The van der Waals surface area contributed by atoms with Gasteiger partial charge in [0.2, 0.25) is 0 Å². The van der Waals surface area contributed by atoms with Gasteiger partial charge in [0.25, 0.3) is 0 Å². The number of ketones is 1. The molecule has 0 unspecified atom stereocenters. The molecule has 0 aromatic carbocycles. The third-order valence-electron chi connectivity index (χ3n) is 6.34. The molecule has 0 amide bonds. The fraction of sp³-hybridized carbons (Fsp3) is 0.812. The fourth-order valence-electron chi connectivity index (χ4n) is 4.95.